The van der Waals surface area contributed by atoms with Gasteiger partial charge in [0.15, 0.2) is 5.76 Å². The van der Waals surface area contributed by atoms with E-state index < -0.39 is 0 Å². The summed E-state index contributed by atoms with van der Waals surface area (Å²) in [5, 5.41) is 16.9. The molecule has 2 aromatic rings. The predicted molar refractivity (Wildman–Crippen MR) is 54.0 cm³/mol. The van der Waals surface area contributed by atoms with Crippen LogP contribution >= 0.6 is 0 Å². The zero-order valence-electron chi connectivity index (χ0n) is 8.71. The summed E-state index contributed by atoms with van der Waals surface area (Å²) in [6, 6.07) is 2.03. The zero-order valence-corrected chi connectivity index (χ0v) is 8.71. The van der Waals surface area contributed by atoms with Crippen molar-refractivity contribution in [2.75, 3.05) is 0 Å². The van der Waals surface area contributed by atoms with Gasteiger partial charge in [0.05, 0.1) is 6.20 Å². The first kappa shape index (κ1) is 9.92. The van der Waals surface area contributed by atoms with E-state index in [2.05, 4.69) is 24.1 Å². The Hall–Kier alpha value is -1.62. The van der Waals surface area contributed by atoms with Crippen molar-refractivity contribution in [3.63, 3.8) is 0 Å². The van der Waals surface area contributed by atoms with Crippen molar-refractivity contribution in [3.8, 4) is 11.3 Å². The topological polar surface area (TPSA) is 64.1 Å². The number of hydrogen-bond acceptors (Lipinski definition) is 4. The second kappa shape index (κ2) is 3.86. The van der Waals surface area contributed by atoms with Crippen molar-refractivity contribution in [2.24, 2.45) is 0 Å². The second-order valence-electron chi connectivity index (χ2n) is 3.64. The first-order valence-corrected chi connectivity index (χ1v) is 4.81. The Balaban J connectivity index is 2.28. The summed E-state index contributed by atoms with van der Waals surface area (Å²) in [5.41, 5.74) is 1.60. The molecule has 0 saturated carbocycles. The van der Waals surface area contributed by atoms with Crippen LogP contribution in [0.2, 0.25) is 0 Å². The monoisotopic (exact) mass is 207 g/mol. The molecule has 0 spiro atoms. The lowest BCUT2D eigenvalue weighted by Crippen LogP contribution is -1.99. The van der Waals surface area contributed by atoms with Crippen LogP contribution in [0.1, 0.15) is 25.6 Å². The smallest absolute Gasteiger partial charge is 0.162 e. The van der Waals surface area contributed by atoms with Gasteiger partial charge in [0.25, 0.3) is 0 Å². The summed E-state index contributed by atoms with van der Waals surface area (Å²) >= 11 is 0. The van der Waals surface area contributed by atoms with Gasteiger partial charge < -0.3 is 9.63 Å². The van der Waals surface area contributed by atoms with Crippen LogP contribution in [0.15, 0.2) is 23.0 Å². The van der Waals surface area contributed by atoms with E-state index in [1.54, 1.807) is 12.3 Å². The standard InChI is InChI=1S/C10H13N3O2/c1-7(2)13-5-8(4-11-13)10-3-9(6-14)15-12-10/h3-5,7,14H,6H2,1-2H3. The van der Waals surface area contributed by atoms with Gasteiger partial charge in [-0.05, 0) is 13.8 Å². The quantitative estimate of drug-likeness (QED) is 0.830. The van der Waals surface area contributed by atoms with Crippen LogP contribution in [-0.4, -0.2) is 20.0 Å². The molecular formula is C10H13N3O2. The minimum absolute atomic E-state index is 0.134. The molecule has 5 heteroatoms. The van der Waals surface area contributed by atoms with E-state index in [0.29, 0.717) is 17.5 Å². The molecule has 0 radical (unpaired) electrons. The fourth-order valence-corrected chi connectivity index (χ4v) is 1.28. The van der Waals surface area contributed by atoms with Crippen LogP contribution in [-0.2, 0) is 6.61 Å². The van der Waals surface area contributed by atoms with E-state index in [1.165, 1.54) is 0 Å². The first-order valence-electron chi connectivity index (χ1n) is 4.81. The summed E-state index contributed by atoms with van der Waals surface area (Å²) in [7, 11) is 0. The molecule has 2 rings (SSSR count). The summed E-state index contributed by atoms with van der Waals surface area (Å²) in [4.78, 5) is 0. The molecule has 0 atom stereocenters. The van der Waals surface area contributed by atoms with Crippen LogP contribution in [0.4, 0.5) is 0 Å². The molecule has 1 N–H and O–H groups in total. The third-order valence-corrected chi connectivity index (χ3v) is 2.14. The molecular weight excluding hydrogens is 194 g/mol. The van der Waals surface area contributed by atoms with Crippen molar-refractivity contribution in [3.05, 3.63) is 24.2 Å². The number of hydrogen-bond donors (Lipinski definition) is 1. The van der Waals surface area contributed by atoms with Crippen LogP contribution in [0.5, 0.6) is 0 Å². The summed E-state index contributed by atoms with van der Waals surface area (Å²) in [6.07, 6.45) is 3.64. The molecule has 15 heavy (non-hydrogen) atoms. The lowest BCUT2D eigenvalue weighted by molar-refractivity contribution is 0.229. The highest BCUT2D eigenvalue weighted by Crippen LogP contribution is 2.19. The Kier molecular flexibility index (Phi) is 2.55. The van der Waals surface area contributed by atoms with Gasteiger partial charge in [-0.3, -0.25) is 4.68 Å². The lowest BCUT2D eigenvalue weighted by atomic mass is 10.2. The predicted octanol–water partition coefficient (Wildman–Crippen LogP) is 1.61. The Morgan fingerprint density at radius 1 is 1.53 bits per heavy atom. The van der Waals surface area contributed by atoms with E-state index in [1.807, 2.05) is 10.9 Å². The largest absolute Gasteiger partial charge is 0.388 e. The Bertz CT molecular complexity index is 445. The number of nitrogens with zero attached hydrogens (tertiary/aromatic N) is 3. The third-order valence-electron chi connectivity index (χ3n) is 2.14. The van der Waals surface area contributed by atoms with Crippen LogP contribution < -0.4 is 0 Å². The summed E-state index contributed by atoms with van der Waals surface area (Å²) < 4.78 is 6.75. The molecule has 2 heterocycles. The average molecular weight is 207 g/mol. The van der Waals surface area contributed by atoms with Crippen molar-refractivity contribution in [2.45, 2.75) is 26.5 Å². The van der Waals surface area contributed by atoms with Gasteiger partial charge in [-0.2, -0.15) is 5.10 Å². The van der Waals surface area contributed by atoms with E-state index >= 15 is 0 Å². The SMILES string of the molecule is CC(C)n1cc(-c2cc(CO)on2)cn1. The highest BCUT2D eigenvalue weighted by atomic mass is 16.5. The molecule has 0 unspecified atom stereocenters. The van der Waals surface area contributed by atoms with Gasteiger partial charge in [0.1, 0.15) is 12.3 Å². The minimum Gasteiger partial charge on any atom is -0.388 e. The maximum Gasteiger partial charge on any atom is 0.162 e. The second-order valence-corrected chi connectivity index (χ2v) is 3.64. The fourth-order valence-electron chi connectivity index (χ4n) is 1.28. The van der Waals surface area contributed by atoms with Crippen molar-refractivity contribution < 1.29 is 9.63 Å². The molecule has 0 saturated heterocycles. The number of aliphatic hydroxyl groups excluding tert-OH is 1. The minimum atomic E-state index is -0.134. The molecule has 80 valence electrons. The normalized spacial score (nSPS) is 11.2. The van der Waals surface area contributed by atoms with Crippen LogP contribution in [0.25, 0.3) is 11.3 Å². The van der Waals surface area contributed by atoms with Gasteiger partial charge in [0, 0.05) is 23.9 Å². The average Bonchev–Trinajstić information content (AvgIpc) is 2.86. The van der Waals surface area contributed by atoms with E-state index in [-0.39, 0.29) is 6.61 Å². The number of aromatic nitrogens is 3. The van der Waals surface area contributed by atoms with Crippen LogP contribution in [0, 0.1) is 0 Å². The molecule has 0 amide bonds. The van der Waals surface area contributed by atoms with Crippen molar-refractivity contribution in [1.29, 1.82) is 0 Å². The maximum atomic E-state index is 8.84. The highest BCUT2D eigenvalue weighted by Gasteiger charge is 2.08. The summed E-state index contributed by atoms with van der Waals surface area (Å²) in [5.74, 6) is 0.460. The zero-order chi connectivity index (χ0) is 10.8. The molecule has 2 aromatic heterocycles. The van der Waals surface area contributed by atoms with Crippen molar-refractivity contribution in [1.82, 2.24) is 14.9 Å². The number of rotatable bonds is 3. The Morgan fingerprint density at radius 2 is 2.33 bits per heavy atom. The molecule has 0 aromatic carbocycles. The summed E-state index contributed by atoms with van der Waals surface area (Å²) in [6.45, 7) is 3.97. The van der Waals surface area contributed by atoms with E-state index in [0.717, 1.165) is 5.56 Å². The first-order chi connectivity index (χ1) is 7.20. The molecule has 5 nitrogen and oxygen atoms in total. The van der Waals surface area contributed by atoms with Gasteiger partial charge in [-0.15, -0.1) is 0 Å². The highest BCUT2D eigenvalue weighted by molar-refractivity contribution is 5.56. The van der Waals surface area contributed by atoms with E-state index in [9.17, 15) is 0 Å². The molecule has 0 fully saturated rings. The van der Waals surface area contributed by atoms with Gasteiger partial charge >= 0.3 is 0 Å². The maximum absolute atomic E-state index is 8.84. The number of aliphatic hydroxyl groups is 1. The van der Waals surface area contributed by atoms with Gasteiger partial charge in [-0.25, -0.2) is 0 Å². The van der Waals surface area contributed by atoms with Crippen LogP contribution in [0.3, 0.4) is 0 Å². The Labute approximate surface area is 87.3 Å². The molecule has 0 aliphatic rings. The molecule has 0 aliphatic heterocycles. The fraction of sp³-hybridized carbons (Fsp3) is 0.400. The molecule has 0 aliphatic carbocycles. The Morgan fingerprint density at radius 3 is 2.87 bits per heavy atom. The lowest BCUT2D eigenvalue weighted by Gasteiger charge is -2.02. The van der Waals surface area contributed by atoms with E-state index in [4.69, 9.17) is 9.63 Å². The van der Waals surface area contributed by atoms with Gasteiger partial charge in [-0.1, -0.05) is 5.16 Å². The van der Waals surface area contributed by atoms with Gasteiger partial charge in [0.2, 0.25) is 0 Å². The molecule has 0 bridgehead atoms. The third kappa shape index (κ3) is 1.92. The van der Waals surface area contributed by atoms with Crippen molar-refractivity contribution >= 4 is 0 Å².